The molecular formula is C23H31N4O2P. The van der Waals surface area contributed by atoms with E-state index in [1.807, 2.05) is 24.3 Å². The second kappa shape index (κ2) is 8.99. The van der Waals surface area contributed by atoms with E-state index in [2.05, 4.69) is 38.4 Å². The molecule has 4 rings (SSSR count). The SMILES string of the molecule is CC(C)c1nn(CC(=O)N[C@H]2CCCN(C3CC3)C2)c(=O)cc1-c1cccc(P)c1. The topological polar surface area (TPSA) is 67.2 Å². The van der Waals surface area contributed by atoms with Gasteiger partial charge in [-0.25, -0.2) is 4.68 Å². The van der Waals surface area contributed by atoms with Gasteiger partial charge in [0.1, 0.15) is 6.54 Å². The minimum absolute atomic E-state index is 0.0393. The van der Waals surface area contributed by atoms with Crippen molar-refractivity contribution in [2.75, 3.05) is 13.1 Å². The summed E-state index contributed by atoms with van der Waals surface area (Å²) < 4.78 is 1.31. The average Bonchev–Trinajstić information content (AvgIpc) is 3.54. The number of benzene rings is 1. The van der Waals surface area contributed by atoms with Gasteiger partial charge >= 0.3 is 0 Å². The Morgan fingerprint density at radius 1 is 1.27 bits per heavy atom. The van der Waals surface area contributed by atoms with Crippen LogP contribution < -0.4 is 16.2 Å². The first kappa shape index (κ1) is 21.2. The maximum atomic E-state index is 12.8. The molecule has 2 atom stereocenters. The second-order valence-electron chi connectivity index (χ2n) is 8.85. The monoisotopic (exact) mass is 426 g/mol. The van der Waals surface area contributed by atoms with Crippen LogP contribution in [0.4, 0.5) is 0 Å². The van der Waals surface area contributed by atoms with Crippen LogP contribution in [0.3, 0.4) is 0 Å². The number of nitrogens with zero attached hydrogens (tertiary/aromatic N) is 3. The Bertz CT molecular complexity index is 983. The molecule has 1 saturated carbocycles. The van der Waals surface area contributed by atoms with Crippen molar-refractivity contribution < 1.29 is 4.79 Å². The lowest BCUT2D eigenvalue weighted by Gasteiger charge is -2.33. The fourth-order valence-corrected chi connectivity index (χ4v) is 4.58. The summed E-state index contributed by atoms with van der Waals surface area (Å²) in [5.41, 5.74) is 2.38. The highest BCUT2D eigenvalue weighted by molar-refractivity contribution is 7.27. The summed E-state index contributed by atoms with van der Waals surface area (Å²) in [6.45, 7) is 6.12. The summed E-state index contributed by atoms with van der Waals surface area (Å²) >= 11 is 0. The summed E-state index contributed by atoms with van der Waals surface area (Å²) in [4.78, 5) is 27.9. The molecule has 2 heterocycles. The maximum Gasteiger partial charge on any atom is 0.267 e. The van der Waals surface area contributed by atoms with Crippen LogP contribution >= 0.6 is 9.24 Å². The smallest absolute Gasteiger partial charge is 0.267 e. The minimum atomic E-state index is -0.248. The van der Waals surface area contributed by atoms with E-state index in [1.54, 1.807) is 6.07 Å². The van der Waals surface area contributed by atoms with Crippen LogP contribution in [0.5, 0.6) is 0 Å². The normalized spacial score (nSPS) is 19.8. The van der Waals surface area contributed by atoms with Crippen molar-refractivity contribution in [3.8, 4) is 11.1 Å². The molecule has 1 aliphatic heterocycles. The number of aromatic nitrogens is 2. The second-order valence-corrected chi connectivity index (χ2v) is 9.52. The third-order valence-electron chi connectivity index (χ3n) is 5.95. The molecule has 1 unspecified atom stereocenters. The zero-order valence-corrected chi connectivity index (χ0v) is 19.0. The van der Waals surface area contributed by atoms with Gasteiger partial charge < -0.3 is 5.32 Å². The Kier molecular flexibility index (Phi) is 6.35. The van der Waals surface area contributed by atoms with Gasteiger partial charge in [0.2, 0.25) is 5.91 Å². The van der Waals surface area contributed by atoms with Crippen LogP contribution in [0.15, 0.2) is 35.1 Å². The first-order valence-electron chi connectivity index (χ1n) is 10.9. The largest absolute Gasteiger partial charge is 0.350 e. The summed E-state index contributed by atoms with van der Waals surface area (Å²) in [7, 11) is 2.68. The van der Waals surface area contributed by atoms with Gasteiger partial charge in [0.05, 0.1) is 5.69 Å². The maximum absolute atomic E-state index is 12.8. The fourth-order valence-electron chi connectivity index (χ4n) is 4.29. The number of carbonyl (C=O) groups excluding carboxylic acids is 1. The first-order valence-corrected chi connectivity index (χ1v) is 11.5. The van der Waals surface area contributed by atoms with Crippen molar-refractivity contribution >= 4 is 20.5 Å². The highest BCUT2D eigenvalue weighted by Gasteiger charge is 2.32. The molecule has 1 saturated heterocycles. The van der Waals surface area contributed by atoms with Gasteiger partial charge in [0.15, 0.2) is 0 Å². The highest BCUT2D eigenvalue weighted by atomic mass is 31.0. The summed E-state index contributed by atoms with van der Waals surface area (Å²) in [6, 6.07) is 10.5. The van der Waals surface area contributed by atoms with Crippen molar-refractivity contribution in [3.05, 3.63) is 46.4 Å². The molecule has 1 aliphatic carbocycles. The molecule has 30 heavy (non-hydrogen) atoms. The molecule has 1 aromatic carbocycles. The first-order chi connectivity index (χ1) is 14.4. The predicted octanol–water partition coefficient (Wildman–Crippen LogP) is 2.28. The van der Waals surface area contributed by atoms with Crippen LogP contribution in [-0.2, 0) is 11.3 Å². The fraction of sp³-hybridized carbons (Fsp3) is 0.522. The van der Waals surface area contributed by atoms with Crippen LogP contribution in [0, 0.1) is 0 Å². The van der Waals surface area contributed by atoms with Crippen LogP contribution in [-0.4, -0.2) is 45.8 Å². The third-order valence-corrected chi connectivity index (χ3v) is 6.30. The number of nitrogens with one attached hydrogen (secondary N) is 1. The molecule has 0 spiro atoms. The summed E-state index contributed by atoms with van der Waals surface area (Å²) in [5.74, 6) is -0.00446. The van der Waals surface area contributed by atoms with Gasteiger partial charge in [-0.1, -0.05) is 32.0 Å². The van der Waals surface area contributed by atoms with Crippen LogP contribution in [0.25, 0.3) is 11.1 Å². The molecule has 0 bridgehead atoms. The Hall–Kier alpha value is -2.04. The predicted molar refractivity (Wildman–Crippen MR) is 123 cm³/mol. The summed E-state index contributed by atoms with van der Waals surface area (Å²) in [6.07, 6.45) is 4.67. The van der Waals surface area contributed by atoms with Crippen molar-refractivity contribution in [1.29, 1.82) is 0 Å². The number of amides is 1. The number of hydrogen-bond donors (Lipinski definition) is 1. The van der Waals surface area contributed by atoms with E-state index in [4.69, 9.17) is 0 Å². The van der Waals surface area contributed by atoms with Gasteiger partial charge in [-0.2, -0.15) is 5.10 Å². The number of hydrogen-bond acceptors (Lipinski definition) is 4. The van der Waals surface area contributed by atoms with Gasteiger partial charge in [0.25, 0.3) is 5.56 Å². The van der Waals surface area contributed by atoms with E-state index in [-0.39, 0.29) is 30.0 Å². The molecule has 7 heteroatoms. The molecule has 2 aromatic rings. The standard InChI is InChI=1S/C23H31N4O2P/c1-15(2)23-20(16-5-3-7-19(30)11-16)12-22(29)27(25-23)14-21(28)24-17-6-4-10-26(13-17)18-8-9-18/h3,5,7,11-12,15,17-18H,4,6,8-10,13-14,30H2,1-2H3,(H,24,28)/t17-/m0/s1. The van der Waals surface area contributed by atoms with Gasteiger partial charge in [-0.05, 0) is 55.1 Å². The number of piperidine rings is 1. The Morgan fingerprint density at radius 2 is 2.07 bits per heavy atom. The molecule has 2 aliphatic rings. The molecule has 6 nitrogen and oxygen atoms in total. The summed E-state index contributed by atoms with van der Waals surface area (Å²) in [5, 5.41) is 8.77. The van der Waals surface area contributed by atoms with E-state index in [0.717, 1.165) is 54.1 Å². The number of rotatable bonds is 6. The van der Waals surface area contributed by atoms with Gasteiger partial charge in [-0.3, -0.25) is 14.5 Å². The number of likely N-dealkylation sites (tertiary alicyclic amines) is 1. The van der Waals surface area contributed by atoms with Crippen molar-refractivity contribution in [2.45, 2.75) is 64.1 Å². The van der Waals surface area contributed by atoms with E-state index in [0.29, 0.717) is 0 Å². The van der Waals surface area contributed by atoms with E-state index in [9.17, 15) is 9.59 Å². The molecule has 1 aromatic heterocycles. The van der Waals surface area contributed by atoms with Crippen LogP contribution in [0.1, 0.15) is 51.1 Å². The van der Waals surface area contributed by atoms with Gasteiger partial charge in [-0.15, -0.1) is 9.24 Å². The average molecular weight is 427 g/mol. The Balaban J connectivity index is 1.50. The zero-order chi connectivity index (χ0) is 21.3. The van der Waals surface area contributed by atoms with Gasteiger partial charge in [0, 0.05) is 30.3 Å². The molecule has 2 fully saturated rings. The Morgan fingerprint density at radius 3 is 2.77 bits per heavy atom. The zero-order valence-electron chi connectivity index (χ0n) is 17.8. The molecule has 1 N–H and O–H groups in total. The molecule has 160 valence electrons. The van der Waals surface area contributed by atoms with E-state index in [1.165, 1.54) is 17.5 Å². The molecule has 1 amide bonds. The minimum Gasteiger partial charge on any atom is -0.350 e. The van der Waals surface area contributed by atoms with Crippen molar-refractivity contribution in [1.82, 2.24) is 20.0 Å². The van der Waals surface area contributed by atoms with Crippen LogP contribution in [0.2, 0.25) is 0 Å². The molecule has 0 radical (unpaired) electrons. The van der Waals surface area contributed by atoms with Crippen molar-refractivity contribution in [2.24, 2.45) is 0 Å². The quantitative estimate of drug-likeness (QED) is 0.720. The highest BCUT2D eigenvalue weighted by Crippen LogP contribution is 2.29. The lowest BCUT2D eigenvalue weighted by molar-refractivity contribution is -0.123. The number of carbonyl (C=O) groups is 1. The third kappa shape index (κ3) is 4.98. The molecular weight excluding hydrogens is 395 g/mol. The Labute approximate surface area is 180 Å². The van der Waals surface area contributed by atoms with Crippen molar-refractivity contribution in [3.63, 3.8) is 0 Å². The lowest BCUT2D eigenvalue weighted by atomic mass is 9.98. The van der Waals surface area contributed by atoms with E-state index < -0.39 is 0 Å². The lowest BCUT2D eigenvalue weighted by Crippen LogP contribution is -2.49. The van der Waals surface area contributed by atoms with E-state index >= 15 is 0 Å².